The molecule has 0 atom stereocenters. The lowest BCUT2D eigenvalue weighted by Gasteiger charge is -2.26. The Labute approximate surface area is 148 Å². The molecule has 0 amide bonds. The van der Waals surface area contributed by atoms with Crippen LogP contribution in [0.25, 0.3) is 11.1 Å². The van der Waals surface area contributed by atoms with E-state index >= 15 is 0 Å². The van der Waals surface area contributed by atoms with Gasteiger partial charge in [-0.05, 0) is 47.7 Å². The minimum absolute atomic E-state index is 0.408. The van der Waals surface area contributed by atoms with E-state index in [1.807, 2.05) is 36.4 Å². The topological polar surface area (TPSA) is 18.5 Å². The average Bonchev–Trinajstić information content (AvgIpc) is 2.63. The van der Waals surface area contributed by atoms with E-state index in [0.29, 0.717) is 5.92 Å². The molecule has 2 aromatic rings. The number of halogens is 1. The summed E-state index contributed by atoms with van der Waals surface area (Å²) in [4.78, 5) is 0. The second kappa shape index (κ2) is 8.35. The molecule has 0 aromatic heterocycles. The number of hydrogen-bond acceptors (Lipinski definition) is 2. The molecular weight excluding hydrogens is 320 g/mol. The molecule has 2 aromatic carbocycles. The normalized spacial score (nSPS) is 20.2. The molecule has 1 heterocycles. The highest BCUT2D eigenvalue weighted by Gasteiger charge is 2.19. The van der Waals surface area contributed by atoms with Crippen molar-refractivity contribution in [1.82, 2.24) is 0 Å². The summed E-state index contributed by atoms with van der Waals surface area (Å²) in [6.07, 6.45) is 1.90. The molecule has 0 N–H and O–H groups in total. The Morgan fingerprint density at radius 1 is 0.958 bits per heavy atom. The maximum Gasteiger partial charge on any atom is 0.222 e. The van der Waals surface area contributed by atoms with Crippen LogP contribution in [0.4, 0.5) is 0 Å². The fourth-order valence-corrected chi connectivity index (χ4v) is 2.86. The lowest BCUT2D eigenvalue weighted by molar-refractivity contribution is -0.170. The standard InChI is InChI=1S/C21H21ClO2/c1-2-3-17-14-23-21(24-15-17)13-6-16-4-7-18(8-5-16)19-9-11-20(22)12-10-19/h4-5,7-12,17,21H,2-3,14-15H2,1H3/t17-,21-. The van der Waals surface area contributed by atoms with Gasteiger partial charge in [0.1, 0.15) is 0 Å². The van der Waals surface area contributed by atoms with Crippen LogP contribution >= 0.6 is 11.6 Å². The van der Waals surface area contributed by atoms with Crippen LogP contribution in [0, 0.1) is 17.8 Å². The Bertz CT molecular complexity index is 702. The summed E-state index contributed by atoms with van der Waals surface area (Å²) in [6, 6.07) is 16.0. The Hall–Kier alpha value is -1.79. The third kappa shape index (κ3) is 4.61. The highest BCUT2D eigenvalue weighted by molar-refractivity contribution is 6.30. The third-order valence-electron chi connectivity index (χ3n) is 4.06. The van der Waals surface area contributed by atoms with Crippen LogP contribution in [0.3, 0.4) is 0 Å². The lowest BCUT2D eigenvalue weighted by Crippen LogP contribution is -2.31. The number of benzene rings is 2. The van der Waals surface area contributed by atoms with Gasteiger partial charge in [0.2, 0.25) is 6.29 Å². The highest BCUT2D eigenvalue weighted by atomic mass is 35.5. The van der Waals surface area contributed by atoms with Gasteiger partial charge in [0.15, 0.2) is 0 Å². The Morgan fingerprint density at radius 3 is 2.12 bits per heavy atom. The third-order valence-corrected chi connectivity index (χ3v) is 4.31. The molecule has 2 nitrogen and oxygen atoms in total. The molecule has 1 aliphatic heterocycles. The minimum atomic E-state index is -0.408. The van der Waals surface area contributed by atoms with Crippen molar-refractivity contribution in [2.45, 2.75) is 26.1 Å². The van der Waals surface area contributed by atoms with Crippen LogP contribution in [-0.4, -0.2) is 19.5 Å². The van der Waals surface area contributed by atoms with E-state index in [9.17, 15) is 0 Å². The summed E-state index contributed by atoms with van der Waals surface area (Å²) in [6.45, 7) is 3.66. The molecule has 3 rings (SSSR count). The minimum Gasteiger partial charge on any atom is -0.342 e. The highest BCUT2D eigenvalue weighted by Crippen LogP contribution is 2.22. The zero-order chi connectivity index (χ0) is 16.8. The van der Waals surface area contributed by atoms with Crippen molar-refractivity contribution < 1.29 is 9.47 Å². The van der Waals surface area contributed by atoms with Crippen molar-refractivity contribution in [2.75, 3.05) is 13.2 Å². The quantitative estimate of drug-likeness (QED) is 0.719. The van der Waals surface area contributed by atoms with Crippen LogP contribution < -0.4 is 0 Å². The molecule has 1 aliphatic rings. The van der Waals surface area contributed by atoms with Crippen LogP contribution in [-0.2, 0) is 9.47 Å². The fraction of sp³-hybridized carbons (Fsp3) is 0.333. The summed E-state index contributed by atoms with van der Waals surface area (Å²) in [5.74, 6) is 6.69. The number of ether oxygens (including phenoxy) is 2. The van der Waals surface area contributed by atoms with Gasteiger partial charge in [-0.25, -0.2) is 0 Å². The van der Waals surface area contributed by atoms with Crippen LogP contribution in [0.1, 0.15) is 25.3 Å². The predicted molar refractivity (Wildman–Crippen MR) is 97.9 cm³/mol. The maximum atomic E-state index is 5.92. The van der Waals surface area contributed by atoms with Crippen molar-refractivity contribution in [2.24, 2.45) is 5.92 Å². The molecule has 0 saturated carbocycles. The smallest absolute Gasteiger partial charge is 0.222 e. The monoisotopic (exact) mass is 340 g/mol. The molecule has 0 bridgehead atoms. The lowest BCUT2D eigenvalue weighted by atomic mass is 10.0. The molecule has 0 radical (unpaired) electrons. The maximum absolute atomic E-state index is 5.92. The Morgan fingerprint density at radius 2 is 1.54 bits per heavy atom. The molecule has 0 aliphatic carbocycles. The van der Waals surface area contributed by atoms with Gasteiger partial charge in [-0.15, -0.1) is 0 Å². The van der Waals surface area contributed by atoms with E-state index in [4.69, 9.17) is 21.1 Å². The summed E-state index contributed by atoms with van der Waals surface area (Å²) in [7, 11) is 0. The van der Waals surface area contributed by atoms with Gasteiger partial charge >= 0.3 is 0 Å². The molecular formula is C21H21ClO2. The second-order valence-electron chi connectivity index (χ2n) is 6.01. The van der Waals surface area contributed by atoms with Gasteiger partial charge < -0.3 is 9.47 Å². The number of hydrogen-bond donors (Lipinski definition) is 0. The van der Waals surface area contributed by atoms with Gasteiger partial charge in [0.05, 0.1) is 13.2 Å². The Balaban J connectivity index is 1.60. The SMILES string of the molecule is CCC[C@H]1CO[C@H](C#Cc2ccc(-c3ccc(Cl)cc3)cc2)OC1. The van der Waals surface area contributed by atoms with Crippen molar-refractivity contribution in [3.63, 3.8) is 0 Å². The molecule has 0 spiro atoms. The first kappa shape index (κ1) is 17.0. The average molecular weight is 341 g/mol. The molecule has 24 heavy (non-hydrogen) atoms. The van der Waals surface area contributed by atoms with Crippen molar-refractivity contribution in [3.8, 4) is 23.0 Å². The van der Waals surface area contributed by atoms with Gasteiger partial charge in [0.25, 0.3) is 0 Å². The fourth-order valence-electron chi connectivity index (χ4n) is 2.73. The predicted octanol–water partition coefficient (Wildman–Crippen LogP) is 5.15. The van der Waals surface area contributed by atoms with E-state index in [2.05, 4.69) is 30.9 Å². The number of rotatable bonds is 3. The van der Waals surface area contributed by atoms with Gasteiger partial charge in [0, 0.05) is 16.5 Å². The summed E-state index contributed by atoms with van der Waals surface area (Å²) in [5.41, 5.74) is 3.24. The molecule has 124 valence electrons. The summed E-state index contributed by atoms with van der Waals surface area (Å²) < 4.78 is 11.3. The molecule has 3 heteroatoms. The Kier molecular flexibility index (Phi) is 5.93. The van der Waals surface area contributed by atoms with E-state index in [1.165, 1.54) is 0 Å². The van der Waals surface area contributed by atoms with E-state index in [-0.39, 0.29) is 0 Å². The van der Waals surface area contributed by atoms with Crippen LogP contribution in [0.15, 0.2) is 48.5 Å². The van der Waals surface area contributed by atoms with Crippen LogP contribution in [0.5, 0.6) is 0 Å². The molecule has 0 unspecified atom stereocenters. The van der Waals surface area contributed by atoms with Crippen molar-refractivity contribution in [1.29, 1.82) is 0 Å². The zero-order valence-electron chi connectivity index (χ0n) is 13.8. The molecule has 1 fully saturated rings. The van der Waals surface area contributed by atoms with Crippen molar-refractivity contribution in [3.05, 3.63) is 59.1 Å². The first-order valence-electron chi connectivity index (χ1n) is 8.35. The van der Waals surface area contributed by atoms with E-state index in [1.54, 1.807) is 0 Å². The summed E-state index contributed by atoms with van der Waals surface area (Å²) >= 11 is 5.92. The van der Waals surface area contributed by atoms with Gasteiger partial charge in [-0.1, -0.05) is 55.1 Å². The first-order chi connectivity index (χ1) is 11.7. The van der Waals surface area contributed by atoms with Crippen LogP contribution in [0.2, 0.25) is 5.02 Å². The summed E-state index contributed by atoms with van der Waals surface area (Å²) in [5, 5.41) is 0.745. The van der Waals surface area contributed by atoms with E-state index < -0.39 is 6.29 Å². The zero-order valence-corrected chi connectivity index (χ0v) is 14.6. The largest absolute Gasteiger partial charge is 0.342 e. The first-order valence-corrected chi connectivity index (χ1v) is 8.73. The second-order valence-corrected chi connectivity index (χ2v) is 6.44. The van der Waals surface area contributed by atoms with Gasteiger partial charge in [-0.3, -0.25) is 0 Å². The van der Waals surface area contributed by atoms with Gasteiger partial charge in [-0.2, -0.15) is 0 Å². The molecule has 1 saturated heterocycles. The van der Waals surface area contributed by atoms with E-state index in [0.717, 1.165) is 47.8 Å². The van der Waals surface area contributed by atoms with Crippen molar-refractivity contribution >= 4 is 11.6 Å².